The molecule has 1 unspecified atom stereocenters. The van der Waals surface area contributed by atoms with E-state index in [1.165, 1.54) is 13.8 Å². The van der Waals surface area contributed by atoms with E-state index >= 15 is 0 Å². The molecule has 2 bridgehead atoms. The molecule has 9 heteroatoms. The topological polar surface area (TPSA) is 125 Å². The molecule has 2 saturated carbocycles. The molecule has 224 valence electrons. The predicted molar refractivity (Wildman–Crippen MR) is 150 cm³/mol. The molecule has 2 aromatic carbocycles. The number of carbonyl (C=O) groups excluding carboxylic acids is 4. The first-order chi connectivity index (χ1) is 19.8. The monoisotopic (exact) mass is 578 g/mol. The second kappa shape index (κ2) is 10.6. The number of aliphatic hydroxyl groups excluding tert-OH is 1. The van der Waals surface area contributed by atoms with Crippen molar-refractivity contribution in [2.75, 3.05) is 0 Å². The van der Waals surface area contributed by atoms with Crippen molar-refractivity contribution < 1.29 is 43.2 Å². The van der Waals surface area contributed by atoms with E-state index in [9.17, 15) is 24.3 Å². The van der Waals surface area contributed by atoms with Gasteiger partial charge < -0.3 is 24.1 Å². The summed E-state index contributed by atoms with van der Waals surface area (Å²) < 4.78 is 25.3. The van der Waals surface area contributed by atoms with Gasteiger partial charge in [0.2, 0.25) is 0 Å². The van der Waals surface area contributed by atoms with Gasteiger partial charge in [-0.2, -0.15) is 0 Å². The fraction of sp³-hybridized carbons (Fsp3) is 0.515. The van der Waals surface area contributed by atoms with Gasteiger partial charge in [-0.15, -0.1) is 0 Å². The van der Waals surface area contributed by atoms with Crippen molar-refractivity contribution in [1.29, 1.82) is 0 Å². The zero-order valence-electron chi connectivity index (χ0n) is 24.7. The largest absolute Gasteiger partial charge is 0.459 e. The Morgan fingerprint density at radius 2 is 1.33 bits per heavy atom. The van der Waals surface area contributed by atoms with Crippen LogP contribution in [0.2, 0.25) is 0 Å². The Morgan fingerprint density at radius 3 is 1.83 bits per heavy atom. The molecular formula is C33H38O9. The van der Waals surface area contributed by atoms with E-state index < -0.39 is 82.5 Å². The average molecular weight is 579 g/mol. The van der Waals surface area contributed by atoms with Crippen LogP contribution >= 0.6 is 0 Å². The first-order valence-corrected chi connectivity index (χ1v) is 14.3. The summed E-state index contributed by atoms with van der Waals surface area (Å²) >= 11 is 0. The van der Waals surface area contributed by atoms with Crippen molar-refractivity contribution in [2.45, 2.75) is 83.6 Å². The number of benzene rings is 2. The third kappa shape index (κ3) is 4.45. The summed E-state index contributed by atoms with van der Waals surface area (Å²) in [6.45, 7) is 9.87. The molecule has 1 N–H and O–H groups in total. The normalized spacial score (nSPS) is 36.3. The summed E-state index contributed by atoms with van der Waals surface area (Å²) in [7, 11) is 0. The van der Waals surface area contributed by atoms with E-state index in [0.717, 1.165) is 0 Å². The summed E-state index contributed by atoms with van der Waals surface area (Å²) in [6, 6.07) is 16.8. The number of Topliss-reactive ketones (excluding diaryl/α,β-unsaturated/α-hetero) is 1. The number of ether oxygens (including phenoxy) is 4. The predicted octanol–water partition coefficient (Wildman–Crippen LogP) is 4.16. The molecule has 0 radical (unpaired) electrons. The summed E-state index contributed by atoms with van der Waals surface area (Å²) in [5.74, 6) is -4.61. The summed E-state index contributed by atoms with van der Waals surface area (Å²) in [5.41, 5.74) is -3.22. The number of esters is 3. The van der Waals surface area contributed by atoms with Gasteiger partial charge in [-0.05, 0) is 58.4 Å². The summed E-state index contributed by atoms with van der Waals surface area (Å²) in [6.07, 6.45) is -4.23. The highest BCUT2D eigenvalue weighted by Crippen LogP contribution is 2.68. The molecule has 0 amide bonds. The molecule has 2 aromatic rings. The van der Waals surface area contributed by atoms with E-state index in [4.69, 9.17) is 18.9 Å². The van der Waals surface area contributed by atoms with Crippen molar-refractivity contribution in [1.82, 2.24) is 0 Å². The van der Waals surface area contributed by atoms with Crippen LogP contribution in [0.25, 0.3) is 0 Å². The van der Waals surface area contributed by atoms with Gasteiger partial charge in [-0.1, -0.05) is 43.3 Å². The number of fused-ring (bicyclic) bond motifs is 1. The van der Waals surface area contributed by atoms with Gasteiger partial charge in [0.05, 0.1) is 34.2 Å². The van der Waals surface area contributed by atoms with E-state index in [-0.39, 0.29) is 12.0 Å². The number of ketones is 1. The smallest absolute Gasteiger partial charge is 0.338 e. The quantitative estimate of drug-likeness (QED) is 0.397. The van der Waals surface area contributed by atoms with Gasteiger partial charge in [0, 0.05) is 18.8 Å². The zero-order chi connectivity index (χ0) is 30.6. The van der Waals surface area contributed by atoms with Crippen LogP contribution in [0.1, 0.15) is 68.7 Å². The third-order valence-electron chi connectivity index (χ3n) is 9.83. The Kier molecular flexibility index (Phi) is 7.56. The average Bonchev–Trinajstić information content (AvgIpc) is 3.12. The van der Waals surface area contributed by atoms with Gasteiger partial charge in [0.15, 0.2) is 0 Å². The molecule has 1 heterocycles. The summed E-state index contributed by atoms with van der Waals surface area (Å²) in [5, 5.41) is 11.8. The standard InChI is InChI=1S/C33H38O9/c1-18-26(36)25(19(2)34)28(41-30(38)22-15-11-8-12-16-22)32(6)24(40-29(37)21-13-9-7-10-14-21)17-23-27(39-20(3)35)33(18,32)42-31(23,4)5/h7-16,18,23-28,36H,17H2,1-6H3/t18?,23-,24+,25-,26-,27-,28+,32-,33-/m1/s1. The second-order valence-electron chi connectivity index (χ2n) is 12.5. The maximum Gasteiger partial charge on any atom is 0.338 e. The van der Waals surface area contributed by atoms with Crippen LogP contribution in [-0.4, -0.2) is 64.4 Å². The van der Waals surface area contributed by atoms with Crippen LogP contribution in [0.5, 0.6) is 0 Å². The number of aliphatic hydroxyl groups is 1. The Morgan fingerprint density at radius 1 is 0.810 bits per heavy atom. The van der Waals surface area contributed by atoms with E-state index in [1.807, 2.05) is 13.8 Å². The minimum Gasteiger partial charge on any atom is -0.459 e. The molecule has 1 saturated heterocycles. The van der Waals surface area contributed by atoms with Gasteiger partial charge in [-0.3, -0.25) is 9.59 Å². The van der Waals surface area contributed by atoms with Crippen LogP contribution in [0.4, 0.5) is 0 Å². The van der Waals surface area contributed by atoms with E-state index in [2.05, 4.69) is 0 Å². The van der Waals surface area contributed by atoms with Gasteiger partial charge in [-0.25, -0.2) is 9.59 Å². The highest BCUT2D eigenvalue weighted by atomic mass is 16.6. The van der Waals surface area contributed by atoms with Crippen molar-refractivity contribution in [3.05, 3.63) is 71.8 Å². The number of rotatable bonds is 6. The Bertz CT molecular complexity index is 1370. The SMILES string of the molecule is CC(=O)O[C@@H]1[C@H]2C[C@H](OC(=O)c3ccccc3)[C@]3(C)[C@@H](OC(=O)c4ccccc4)[C@H](C(C)=O)[C@H](O)C(C)[C@@]13OC2(C)C. The molecule has 9 atom stereocenters. The maximum atomic E-state index is 13.6. The second-order valence-corrected chi connectivity index (χ2v) is 12.5. The Labute approximate surface area is 245 Å². The van der Waals surface area contributed by atoms with Gasteiger partial charge in [0.1, 0.15) is 29.7 Å². The molecule has 5 rings (SSSR count). The molecule has 0 aromatic heterocycles. The van der Waals surface area contributed by atoms with Crippen LogP contribution in [-0.2, 0) is 28.5 Å². The highest BCUT2D eigenvalue weighted by molar-refractivity contribution is 5.91. The molecule has 42 heavy (non-hydrogen) atoms. The van der Waals surface area contributed by atoms with Crippen LogP contribution in [0.15, 0.2) is 60.7 Å². The minimum absolute atomic E-state index is 0.203. The van der Waals surface area contributed by atoms with Crippen molar-refractivity contribution in [3.8, 4) is 0 Å². The molecule has 2 aliphatic carbocycles. The highest BCUT2D eigenvalue weighted by Gasteiger charge is 2.82. The van der Waals surface area contributed by atoms with Crippen molar-refractivity contribution >= 4 is 23.7 Å². The fourth-order valence-electron chi connectivity index (χ4n) is 7.85. The lowest BCUT2D eigenvalue weighted by molar-refractivity contribution is -0.309. The summed E-state index contributed by atoms with van der Waals surface area (Å²) in [4.78, 5) is 52.9. The first-order valence-electron chi connectivity index (χ1n) is 14.3. The first kappa shape index (κ1) is 29.9. The van der Waals surface area contributed by atoms with Crippen molar-refractivity contribution in [3.63, 3.8) is 0 Å². The lowest BCUT2D eigenvalue weighted by atomic mass is 9.46. The zero-order valence-corrected chi connectivity index (χ0v) is 24.7. The lowest BCUT2D eigenvalue weighted by Gasteiger charge is -2.64. The maximum absolute atomic E-state index is 13.6. The van der Waals surface area contributed by atoms with Crippen LogP contribution < -0.4 is 0 Å². The molecule has 1 spiro atoms. The molecule has 3 aliphatic rings. The van der Waals surface area contributed by atoms with Crippen LogP contribution in [0, 0.1) is 23.2 Å². The molecule has 1 aliphatic heterocycles. The number of carbonyl (C=O) groups is 4. The Balaban J connectivity index is 1.72. The van der Waals surface area contributed by atoms with Gasteiger partial charge in [0.25, 0.3) is 0 Å². The lowest BCUT2D eigenvalue weighted by Crippen LogP contribution is -2.78. The number of hydrogen-bond donors (Lipinski definition) is 1. The van der Waals surface area contributed by atoms with Gasteiger partial charge >= 0.3 is 17.9 Å². The van der Waals surface area contributed by atoms with E-state index in [0.29, 0.717) is 5.56 Å². The molecular weight excluding hydrogens is 540 g/mol. The number of hydrogen-bond acceptors (Lipinski definition) is 9. The molecule has 9 nitrogen and oxygen atoms in total. The molecule has 3 fully saturated rings. The van der Waals surface area contributed by atoms with Crippen LogP contribution in [0.3, 0.4) is 0 Å². The van der Waals surface area contributed by atoms with E-state index in [1.54, 1.807) is 74.5 Å². The third-order valence-corrected chi connectivity index (χ3v) is 9.83. The Hall–Kier alpha value is -3.56. The minimum atomic E-state index is -1.49. The fourth-order valence-corrected chi connectivity index (χ4v) is 7.85. The van der Waals surface area contributed by atoms with Crippen molar-refractivity contribution in [2.24, 2.45) is 23.2 Å².